The Morgan fingerprint density at radius 3 is 2.53 bits per heavy atom. The zero-order chi connectivity index (χ0) is 24.1. The minimum atomic E-state index is -0.169. The minimum Gasteiger partial charge on any atom is -0.497 e. The summed E-state index contributed by atoms with van der Waals surface area (Å²) in [5.74, 6) is 0.569. The highest BCUT2D eigenvalue weighted by molar-refractivity contribution is 7.10. The third-order valence-corrected chi connectivity index (χ3v) is 7.14. The molecule has 0 fully saturated rings. The average Bonchev–Trinajstić information content (AvgIpc) is 3.34. The smallest absolute Gasteiger partial charge is 0.247 e. The standard InChI is InChI=1S/C28H30N2O3S/c1-20(2)30(26(31)14-9-21-7-5-4-6-8-21)19-27(32)29-17-15-25-24(16-18-34-25)28(29)22-10-12-23(33-3)13-11-22/h4-14,16,18,20,28H,15,17,19H2,1-3H3/b14-9+. The van der Waals surface area contributed by atoms with Gasteiger partial charge in [0.2, 0.25) is 11.8 Å². The SMILES string of the molecule is COc1ccc(C2c3ccsc3CCN2C(=O)CN(C(=O)/C=C/c2ccccc2)C(C)C)cc1. The zero-order valence-electron chi connectivity index (χ0n) is 19.8. The van der Waals surface area contributed by atoms with Gasteiger partial charge in [0.1, 0.15) is 12.3 Å². The number of hydrogen-bond acceptors (Lipinski definition) is 4. The molecule has 1 aromatic heterocycles. The molecule has 2 heterocycles. The number of carbonyl (C=O) groups is 2. The summed E-state index contributed by atoms with van der Waals surface area (Å²) in [7, 11) is 1.65. The Labute approximate surface area is 205 Å². The summed E-state index contributed by atoms with van der Waals surface area (Å²) in [6.45, 7) is 4.55. The van der Waals surface area contributed by atoms with Crippen molar-refractivity contribution in [2.45, 2.75) is 32.4 Å². The molecule has 0 radical (unpaired) electrons. The predicted molar refractivity (Wildman–Crippen MR) is 137 cm³/mol. The Morgan fingerprint density at radius 2 is 1.85 bits per heavy atom. The molecule has 5 nitrogen and oxygen atoms in total. The summed E-state index contributed by atoms with van der Waals surface area (Å²) in [5.41, 5.74) is 3.16. The fourth-order valence-corrected chi connectivity index (χ4v) is 5.21. The van der Waals surface area contributed by atoms with E-state index in [0.29, 0.717) is 6.54 Å². The van der Waals surface area contributed by atoms with E-state index in [9.17, 15) is 9.59 Å². The molecule has 2 amide bonds. The van der Waals surface area contributed by atoms with Gasteiger partial charge in [-0.15, -0.1) is 11.3 Å². The molecule has 0 bridgehead atoms. The predicted octanol–water partition coefficient (Wildman–Crippen LogP) is 5.18. The van der Waals surface area contributed by atoms with Crippen molar-refractivity contribution in [1.82, 2.24) is 9.80 Å². The molecule has 34 heavy (non-hydrogen) atoms. The van der Waals surface area contributed by atoms with Crippen LogP contribution in [-0.4, -0.2) is 47.9 Å². The number of rotatable bonds is 7. The summed E-state index contributed by atoms with van der Waals surface area (Å²) in [5, 5.41) is 2.09. The molecule has 1 atom stereocenters. The van der Waals surface area contributed by atoms with Gasteiger partial charge in [-0.2, -0.15) is 0 Å². The van der Waals surface area contributed by atoms with Crippen LogP contribution in [0.5, 0.6) is 5.75 Å². The van der Waals surface area contributed by atoms with Crippen LogP contribution in [-0.2, 0) is 16.0 Å². The van der Waals surface area contributed by atoms with Gasteiger partial charge in [-0.25, -0.2) is 0 Å². The van der Waals surface area contributed by atoms with Gasteiger partial charge in [-0.1, -0.05) is 42.5 Å². The van der Waals surface area contributed by atoms with Crippen molar-refractivity contribution in [3.05, 3.63) is 93.7 Å². The van der Waals surface area contributed by atoms with E-state index in [-0.39, 0.29) is 30.4 Å². The topological polar surface area (TPSA) is 49.9 Å². The molecule has 0 aliphatic carbocycles. The molecular formula is C28H30N2O3S. The lowest BCUT2D eigenvalue weighted by Gasteiger charge is -2.38. The molecule has 1 aliphatic heterocycles. The van der Waals surface area contributed by atoms with Crippen LogP contribution in [0, 0.1) is 0 Å². The number of thiophene rings is 1. The summed E-state index contributed by atoms with van der Waals surface area (Å²) in [6.07, 6.45) is 4.17. The second kappa shape index (κ2) is 10.7. The largest absolute Gasteiger partial charge is 0.497 e. The van der Waals surface area contributed by atoms with Crippen LogP contribution in [0.1, 0.15) is 41.5 Å². The first-order valence-electron chi connectivity index (χ1n) is 11.5. The number of ether oxygens (including phenoxy) is 1. The van der Waals surface area contributed by atoms with Crippen molar-refractivity contribution in [3.63, 3.8) is 0 Å². The van der Waals surface area contributed by atoms with E-state index in [0.717, 1.165) is 23.3 Å². The van der Waals surface area contributed by atoms with Gasteiger partial charge in [-0.3, -0.25) is 9.59 Å². The second-order valence-electron chi connectivity index (χ2n) is 8.62. The number of benzene rings is 2. The number of fused-ring (bicyclic) bond motifs is 1. The molecule has 176 valence electrons. The molecule has 1 unspecified atom stereocenters. The van der Waals surface area contributed by atoms with Crippen molar-refractivity contribution in [1.29, 1.82) is 0 Å². The Balaban J connectivity index is 1.56. The van der Waals surface area contributed by atoms with Crippen molar-refractivity contribution >= 4 is 29.2 Å². The van der Waals surface area contributed by atoms with Crippen LogP contribution in [0.4, 0.5) is 0 Å². The summed E-state index contributed by atoms with van der Waals surface area (Å²) in [4.78, 5) is 31.5. The van der Waals surface area contributed by atoms with Crippen LogP contribution in [0.3, 0.4) is 0 Å². The molecule has 4 rings (SSSR count). The maximum Gasteiger partial charge on any atom is 0.247 e. The molecule has 0 saturated carbocycles. The minimum absolute atomic E-state index is 0.0434. The molecule has 0 spiro atoms. The van der Waals surface area contributed by atoms with Gasteiger partial charge < -0.3 is 14.5 Å². The van der Waals surface area contributed by atoms with Crippen molar-refractivity contribution in [2.24, 2.45) is 0 Å². The van der Waals surface area contributed by atoms with Crippen LogP contribution in [0.15, 0.2) is 72.1 Å². The molecule has 2 aromatic carbocycles. The highest BCUT2D eigenvalue weighted by Gasteiger charge is 2.34. The van der Waals surface area contributed by atoms with Gasteiger partial charge in [0.25, 0.3) is 0 Å². The lowest BCUT2D eigenvalue weighted by atomic mass is 9.93. The zero-order valence-corrected chi connectivity index (χ0v) is 20.6. The van der Waals surface area contributed by atoms with Crippen molar-refractivity contribution in [3.8, 4) is 5.75 Å². The van der Waals surface area contributed by atoms with Crippen LogP contribution in [0.25, 0.3) is 6.08 Å². The second-order valence-corrected chi connectivity index (χ2v) is 9.62. The van der Waals surface area contributed by atoms with Crippen molar-refractivity contribution < 1.29 is 14.3 Å². The van der Waals surface area contributed by atoms with E-state index < -0.39 is 0 Å². The highest BCUT2D eigenvalue weighted by Crippen LogP contribution is 2.38. The number of hydrogen-bond donors (Lipinski definition) is 0. The third kappa shape index (κ3) is 5.23. The van der Waals surface area contributed by atoms with E-state index in [1.54, 1.807) is 35.5 Å². The quantitative estimate of drug-likeness (QED) is 0.443. The van der Waals surface area contributed by atoms with E-state index in [4.69, 9.17) is 4.74 Å². The Morgan fingerprint density at radius 1 is 1.12 bits per heavy atom. The molecular weight excluding hydrogens is 444 g/mol. The molecule has 0 saturated heterocycles. The van der Waals surface area contributed by atoms with Crippen LogP contribution in [0.2, 0.25) is 0 Å². The Hall–Kier alpha value is -3.38. The summed E-state index contributed by atoms with van der Waals surface area (Å²) >= 11 is 1.74. The van der Waals surface area contributed by atoms with Gasteiger partial charge in [0.05, 0.1) is 13.2 Å². The van der Waals surface area contributed by atoms with E-state index in [2.05, 4.69) is 11.4 Å². The van der Waals surface area contributed by atoms with Gasteiger partial charge in [0, 0.05) is 23.5 Å². The molecule has 1 aliphatic rings. The maximum atomic E-state index is 13.6. The summed E-state index contributed by atoms with van der Waals surface area (Å²) < 4.78 is 5.32. The van der Waals surface area contributed by atoms with Crippen LogP contribution >= 0.6 is 11.3 Å². The van der Waals surface area contributed by atoms with Gasteiger partial charge in [-0.05, 0) is 66.6 Å². The Kier molecular flexibility index (Phi) is 7.48. The molecule has 0 N–H and O–H groups in total. The van der Waals surface area contributed by atoms with E-state index in [1.165, 1.54) is 10.4 Å². The fourth-order valence-electron chi connectivity index (χ4n) is 4.31. The molecule has 6 heteroatoms. The van der Waals surface area contributed by atoms with Crippen LogP contribution < -0.4 is 4.74 Å². The number of amides is 2. The first-order chi connectivity index (χ1) is 16.5. The lowest BCUT2D eigenvalue weighted by Crippen LogP contribution is -2.48. The first kappa shape index (κ1) is 23.8. The first-order valence-corrected chi connectivity index (χ1v) is 12.4. The third-order valence-electron chi connectivity index (χ3n) is 6.15. The Bertz CT molecular complexity index is 1150. The number of nitrogens with zero attached hydrogens (tertiary/aromatic N) is 2. The lowest BCUT2D eigenvalue weighted by molar-refractivity contribution is -0.140. The number of methoxy groups -OCH3 is 1. The number of carbonyl (C=O) groups excluding carboxylic acids is 2. The highest BCUT2D eigenvalue weighted by atomic mass is 32.1. The average molecular weight is 475 g/mol. The normalized spacial score (nSPS) is 15.4. The fraction of sp³-hybridized carbons (Fsp3) is 0.286. The monoisotopic (exact) mass is 474 g/mol. The molecule has 3 aromatic rings. The summed E-state index contributed by atoms with van der Waals surface area (Å²) in [6, 6.07) is 19.4. The van der Waals surface area contributed by atoms with E-state index in [1.807, 2.05) is 73.3 Å². The van der Waals surface area contributed by atoms with Gasteiger partial charge in [0.15, 0.2) is 0 Å². The van der Waals surface area contributed by atoms with Crippen molar-refractivity contribution in [2.75, 3.05) is 20.2 Å². The maximum absolute atomic E-state index is 13.6. The van der Waals surface area contributed by atoms with Gasteiger partial charge >= 0.3 is 0 Å². The van der Waals surface area contributed by atoms with E-state index >= 15 is 0 Å².